The van der Waals surface area contributed by atoms with Crippen molar-refractivity contribution in [2.75, 3.05) is 12.4 Å². The highest BCUT2D eigenvalue weighted by Gasteiger charge is 2.18. The topological polar surface area (TPSA) is 84.1 Å². The monoisotopic (exact) mass is 381 g/mol. The van der Waals surface area contributed by atoms with E-state index in [2.05, 4.69) is 15.3 Å². The summed E-state index contributed by atoms with van der Waals surface area (Å²) in [7, 11) is 1.55. The van der Waals surface area contributed by atoms with Gasteiger partial charge in [-0.3, -0.25) is 9.59 Å². The van der Waals surface area contributed by atoms with Gasteiger partial charge in [0.15, 0.2) is 5.16 Å². The van der Waals surface area contributed by atoms with Gasteiger partial charge in [0.05, 0.1) is 23.7 Å². The fourth-order valence-electron chi connectivity index (χ4n) is 2.45. The number of benzene rings is 2. The van der Waals surface area contributed by atoms with E-state index in [1.165, 1.54) is 17.8 Å². The minimum atomic E-state index is -0.468. The Morgan fingerprint density at radius 2 is 1.85 bits per heavy atom. The quantitative estimate of drug-likeness (QED) is 0.504. The number of H-pyrrole nitrogens is 1. The third-order valence-corrected chi connectivity index (χ3v) is 4.80. The Bertz CT molecular complexity index is 989. The standard InChI is InChI=1S/C20H19N3O3S/c1-13(19(25)21-15-10-6-7-11-17(15)26-2)27-20-22-16(12-18(24)23-20)14-8-4-3-5-9-14/h3-13H,1-2H3,(H,21,25)(H,22,23,24). The van der Waals surface area contributed by atoms with Crippen LogP contribution < -0.4 is 15.6 Å². The highest BCUT2D eigenvalue weighted by atomic mass is 32.2. The molecule has 2 aromatic carbocycles. The van der Waals surface area contributed by atoms with Crippen LogP contribution in [0.3, 0.4) is 0 Å². The number of thioether (sulfide) groups is 1. The number of rotatable bonds is 6. The van der Waals surface area contributed by atoms with Gasteiger partial charge in [-0.15, -0.1) is 0 Å². The van der Waals surface area contributed by atoms with E-state index < -0.39 is 5.25 Å². The highest BCUT2D eigenvalue weighted by Crippen LogP contribution is 2.26. The lowest BCUT2D eigenvalue weighted by atomic mass is 10.1. The minimum absolute atomic E-state index is 0.211. The number of hydrogen-bond acceptors (Lipinski definition) is 5. The van der Waals surface area contributed by atoms with Gasteiger partial charge in [-0.1, -0.05) is 54.2 Å². The zero-order valence-corrected chi connectivity index (χ0v) is 15.7. The molecule has 6 nitrogen and oxygen atoms in total. The smallest absolute Gasteiger partial charge is 0.252 e. The summed E-state index contributed by atoms with van der Waals surface area (Å²) in [5, 5.41) is 2.76. The molecule has 3 rings (SSSR count). The maximum Gasteiger partial charge on any atom is 0.252 e. The maximum atomic E-state index is 12.5. The normalized spacial score (nSPS) is 11.6. The molecule has 0 saturated carbocycles. The van der Waals surface area contributed by atoms with E-state index in [1.807, 2.05) is 42.5 Å². The summed E-state index contributed by atoms with van der Waals surface area (Å²) in [4.78, 5) is 31.7. The summed E-state index contributed by atoms with van der Waals surface area (Å²) in [5.74, 6) is 0.373. The Morgan fingerprint density at radius 3 is 2.59 bits per heavy atom. The van der Waals surface area contributed by atoms with Gasteiger partial charge in [0.1, 0.15) is 5.75 Å². The van der Waals surface area contributed by atoms with Gasteiger partial charge in [-0.05, 0) is 19.1 Å². The number of anilines is 1. The lowest BCUT2D eigenvalue weighted by Gasteiger charge is -2.14. The number of nitrogens with one attached hydrogen (secondary N) is 2. The fourth-order valence-corrected chi connectivity index (χ4v) is 3.26. The molecule has 0 aliphatic carbocycles. The third kappa shape index (κ3) is 4.77. The average molecular weight is 381 g/mol. The first-order valence-corrected chi connectivity index (χ1v) is 9.22. The zero-order chi connectivity index (χ0) is 19.2. The molecule has 3 aromatic rings. The molecule has 0 bridgehead atoms. The van der Waals surface area contributed by atoms with Crippen LogP contribution in [0.25, 0.3) is 11.3 Å². The largest absolute Gasteiger partial charge is 0.495 e. The second-order valence-corrected chi connectivity index (χ2v) is 7.08. The Balaban J connectivity index is 1.75. The Labute approximate surface area is 161 Å². The van der Waals surface area contributed by atoms with Crippen molar-refractivity contribution in [2.24, 2.45) is 0 Å². The van der Waals surface area contributed by atoms with E-state index in [9.17, 15) is 9.59 Å². The van der Waals surface area contributed by atoms with Crippen LogP contribution >= 0.6 is 11.8 Å². The van der Waals surface area contributed by atoms with Crippen LogP contribution in [0.5, 0.6) is 5.75 Å². The van der Waals surface area contributed by atoms with Gasteiger partial charge in [0, 0.05) is 11.6 Å². The molecular weight excluding hydrogens is 362 g/mol. The van der Waals surface area contributed by atoms with Crippen molar-refractivity contribution in [3.63, 3.8) is 0 Å². The molecule has 0 saturated heterocycles. The highest BCUT2D eigenvalue weighted by molar-refractivity contribution is 8.00. The van der Waals surface area contributed by atoms with Crippen molar-refractivity contribution in [1.82, 2.24) is 9.97 Å². The van der Waals surface area contributed by atoms with Crippen molar-refractivity contribution in [2.45, 2.75) is 17.3 Å². The van der Waals surface area contributed by atoms with Gasteiger partial charge in [0.25, 0.3) is 5.56 Å². The molecule has 1 heterocycles. The number of ether oxygens (including phenoxy) is 1. The molecule has 1 unspecified atom stereocenters. The molecule has 0 fully saturated rings. The van der Waals surface area contributed by atoms with Crippen molar-refractivity contribution >= 4 is 23.4 Å². The number of para-hydroxylation sites is 2. The molecule has 1 amide bonds. The molecule has 1 aromatic heterocycles. The van der Waals surface area contributed by atoms with Gasteiger partial charge in [-0.25, -0.2) is 4.98 Å². The lowest BCUT2D eigenvalue weighted by molar-refractivity contribution is -0.115. The first-order valence-electron chi connectivity index (χ1n) is 8.34. The Hall–Kier alpha value is -3.06. The van der Waals surface area contributed by atoms with Crippen LogP contribution in [0.2, 0.25) is 0 Å². The maximum absolute atomic E-state index is 12.5. The van der Waals surface area contributed by atoms with Crippen molar-refractivity contribution < 1.29 is 9.53 Å². The molecule has 0 spiro atoms. The minimum Gasteiger partial charge on any atom is -0.495 e. The van der Waals surface area contributed by atoms with Gasteiger partial charge in [0.2, 0.25) is 5.91 Å². The van der Waals surface area contributed by atoms with Gasteiger partial charge in [-0.2, -0.15) is 0 Å². The van der Waals surface area contributed by atoms with Crippen molar-refractivity contribution in [1.29, 1.82) is 0 Å². The SMILES string of the molecule is COc1ccccc1NC(=O)C(C)Sc1nc(-c2ccccc2)cc(=O)[nH]1. The van der Waals surface area contributed by atoms with E-state index in [0.29, 0.717) is 22.3 Å². The second kappa shape index (κ2) is 8.55. The molecular formula is C20H19N3O3S. The predicted octanol–water partition coefficient (Wildman–Crippen LogP) is 3.56. The molecule has 2 N–H and O–H groups in total. The van der Waals surface area contributed by atoms with Crippen molar-refractivity contribution in [3.05, 3.63) is 71.0 Å². The summed E-state index contributed by atoms with van der Waals surface area (Å²) in [6.45, 7) is 1.75. The molecule has 1 atom stereocenters. The van der Waals surface area contributed by atoms with Crippen LogP contribution in [0.15, 0.2) is 70.6 Å². The van der Waals surface area contributed by atoms with Crippen molar-refractivity contribution in [3.8, 4) is 17.0 Å². The summed E-state index contributed by atoms with van der Waals surface area (Å²) < 4.78 is 5.24. The second-order valence-electron chi connectivity index (χ2n) is 5.75. The molecule has 27 heavy (non-hydrogen) atoms. The van der Waals surface area contributed by atoms with Crippen LogP contribution in [-0.4, -0.2) is 28.2 Å². The lowest BCUT2D eigenvalue weighted by Crippen LogP contribution is -2.23. The number of aromatic amines is 1. The van der Waals surface area contributed by atoms with E-state index in [0.717, 1.165) is 5.56 Å². The number of nitrogens with zero attached hydrogens (tertiary/aromatic N) is 1. The Kier molecular flexibility index (Phi) is 5.93. The van der Waals surface area contributed by atoms with E-state index >= 15 is 0 Å². The number of amides is 1. The third-order valence-electron chi connectivity index (χ3n) is 3.81. The number of carbonyl (C=O) groups is 1. The number of aromatic nitrogens is 2. The van der Waals surface area contributed by atoms with Crippen LogP contribution in [0, 0.1) is 0 Å². The molecule has 138 valence electrons. The first kappa shape index (κ1) is 18.7. The van der Waals surface area contributed by atoms with E-state index in [4.69, 9.17) is 4.74 Å². The first-order chi connectivity index (χ1) is 13.1. The van der Waals surface area contributed by atoms with E-state index in [-0.39, 0.29) is 11.5 Å². The fraction of sp³-hybridized carbons (Fsp3) is 0.150. The van der Waals surface area contributed by atoms with E-state index in [1.54, 1.807) is 26.2 Å². The van der Waals surface area contributed by atoms with Crippen LogP contribution in [0.1, 0.15) is 6.92 Å². The summed E-state index contributed by atoms with van der Waals surface area (Å²) in [6, 6.07) is 18.1. The average Bonchev–Trinajstić information content (AvgIpc) is 2.68. The molecule has 0 radical (unpaired) electrons. The van der Waals surface area contributed by atoms with Crippen LogP contribution in [-0.2, 0) is 4.79 Å². The summed E-state index contributed by atoms with van der Waals surface area (Å²) >= 11 is 1.19. The molecule has 7 heteroatoms. The predicted molar refractivity (Wildman–Crippen MR) is 107 cm³/mol. The summed E-state index contributed by atoms with van der Waals surface area (Å²) in [5.41, 5.74) is 1.75. The molecule has 0 aliphatic heterocycles. The summed E-state index contributed by atoms with van der Waals surface area (Å²) in [6.07, 6.45) is 0. The van der Waals surface area contributed by atoms with Crippen LogP contribution in [0.4, 0.5) is 5.69 Å². The number of carbonyl (C=O) groups excluding carboxylic acids is 1. The van der Waals surface area contributed by atoms with Gasteiger partial charge < -0.3 is 15.0 Å². The number of hydrogen-bond donors (Lipinski definition) is 2. The van der Waals surface area contributed by atoms with Gasteiger partial charge >= 0.3 is 0 Å². The Morgan fingerprint density at radius 1 is 1.15 bits per heavy atom. The zero-order valence-electron chi connectivity index (χ0n) is 14.9. The number of methoxy groups -OCH3 is 1. The molecule has 0 aliphatic rings.